The molecule has 1 aromatic rings. The number of rotatable bonds is 3. The fraction of sp³-hybridized carbons (Fsp3) is 0.538. The smallest absolute Gasteiger partial charge is 0.118 e. The predicted molar refractivity (Wildman–Crippen MR) is 69.5 cm³/mol. The Morgan fingerprint density at radius 3 is 2.79 bits per heavy atom. The first-order valence-electron chi connectivity index (χ1n) is 6.17. The summed E-state index contributed by atoms with van der Waals surface area (Å²) in [6, 6.07) is 8.56. The molecule has 0 amide bonds. The summed E-state index contributed by atoms with van der Waals surface area (Å²) in [5.41, 5.74) is 7.98. The monoisotopic (exact) mass is 263 g/mol. The molecule has 0 saturated carbocycles. The minimum atomic E-state index is -1.44. The standard InChI is InChI=1S/C13H17N3O3/c1-9-11(15-16-14)12(17)13(18,8-19-9)7-10-5-3-2-4-6-10/h2-6,9,11-12,17-18H,7-8H2,1H3/t9-,11-,12+,13-/m1/s1. The van der Waals surface area contributed by atoms with Crippen molar-refractivity contribution >= 4 is 0 Å². The molecule has 102 valence electrons. The van der Waals surface area contributed by atoms with Gasteiger partial charge in [0.15, 0.2) is 0 Å². The summed E-state index contributed by atoms with van der Waals surface area (Å²) >= 11 is 0. The molecule has 1 aliphatic heterocycles. The van der Waals surface area contributed by atoms with Gasteiger partial charge in [-0.05, 0) is 18.0 Å². The summed E-state index contributed by atoms with van der Waals surface area (Å²) in [7, 11) is 0. The molecule has 0 spiro atoms. The maximum atomic E-state index is 10.5. The van der Waals surface area contributed by atoms with E-state index in [-0.39, 0.29) is 13.0 Å². The maximum absolute atomic E-state index is 10.5. The average Bonchev–Trinajstić information content (AvgIpc) is 2.41. The quantitative estimate of drug-likeness (QED) is 0.490. The van der Waals surface area contributed by atoms with Crippen LogP contribution in [0.3, 0.4) is 0 Å². The molecule has 6 heteroatoms. The van der Waals surface area contributed by atoms with Crippen LogP contribution in [0.2, 0.25) is 0 Å². The fourth-order valence-electron chi connectivity index (χ4n) is 2.36. The van der Waals surface area contributed by atoms with E-state index in [9.17, 15) is 10.2 Å². The number of hydrogen-bond donors (Lipinski definition) is 2. The largest absolute Gasteiger partial charge is 0.389 e. The zero-order chi connectivity index (χ0) is 13.9. The third kappa shape index (κ3) is 2.88. The third-order valence-corrected chi connectivity index (χ3v) is 3.49. The van der Waals surface area contributed by atoms with Gasteiger partial charge in [-0.2, -0.15) is 0 Å². The Bertz CT molecular complexity index is 475. The van der Waals surface area contributed by atoms with E-state index in [4.69, 9.17) is 10.3 Å². The summed E-state index contributed by atoms with van der Waals surface area (Å²) in [6.45, 7) is 1.73. The Hall–Kier alpha value is -1.59. The fourth-order valence-corrected chi connectivity index (χ4v) is 2.36. The highest BCUT2D eigenvalue weighted by molar-refractivity contribution is 5.19. The Kier molecular flexibility index (Phi) is 4.07. The van der Waals surface area contributed by atoms with Crippen molar-refractivity contribution < 1.29 is 14.9 Å². The molecular weight excluding hydrogens is 246 g/mol. The molecule has 1 saturated heterocycles. The van der Waals surface area contributed by atoms with Gasteiger partial charge in [0.25, 0.3) is 0 Å². The van der Waals surface area contributed by atoms with Gasteiger partial charge >= 0.3 is 0 Å². The molecule has 4 atom stereocenters. The van der Waals surface area contributed by atoms with Crippen LogP contribution in [0.1, 0.15) is 12.5 Å². The molecule has 0 bridgehead atoms. The number of hydrogen-bond acceptors (Lipinski definition) is 4. The van der Waals surface area contributed by atoms with Gasteiger partial charge < -0.3 is 14.9 Å². The minimum absolute atomic E-state index is 0.0156. The van der Waals surface area contributed by atoms with Crippen LogP contribution in [0.5, 0.6) is 0 Å². The average molecular weight is 263 g/mol. The Balaban J connectivity index is 2.20. The lowest BCUT2D eigenvalue weighted by Gasteiger charge is -2.43. The maximum Gasteiger partial charge on any atom is 0.118 e. The molecule has 2 rings (SSSR count). The van der Waals surface area contributed by atoms with E-state index in [2.05, 4.69) is 10.0 Å². The lowest BCUT2D eigenvalue weighted by Crippen LogP contribution is -2.60. The van der Waals surface area contributed by atoms with Crippen LogP contribution >= 0.6 is 0 Å². The van der Waals surface area contributed by atoms with Crippen LogP contribution in [0, 0.1) is 0 Å². The molecule has 0 unspecified atom stereocenters. The van der Waals surface area contributed by atoms with Crippen LogP contribution in [0.15, 0.2) is 35.4 Å². The van der Waals surface area contributed by atoms with Gasteiger partial charge in [0.1, 0.15) is 5.60 Å². The summed E-state index contributed by atoms with van der Waals surface area (Å²) in [6.07, 6.45) is -1.31. The molecule has 6 nitrogen and oxygen atoms in total. The van der Waals surface area contributed by atoms with Crippen molar-refractivity contribution in [1.82, 2.24) is 0 Å². The number of aliphatic hydroxyl groups is 2. The topological polar surface area (TPSA) is 98.5 Å². The van der Waals surface area contributed by atoms with Crippen molar-refractivity contribution in [1.29, 1.82) is 0 Å². The van der Waals surface area contributed by atoms with Crippen molar-refractivity contribution in [2.75, 3.05) is 6.61 Å². The number of nitrogens with zero attached hydrogens (tertiary/aromatic N) is 3. The van der Waals surface area contributed by atoms with E-state index in [0.717, 1.165) is 5.56 Å². The van der Waals surface area contributed by atoms with Crippen molar-refractivity contribution in [2.45, 2.75) is 37.2 Å². The van der Waals surface area contributed by atoms with Gasteiger partial charge in [0.2, 0.25) is 0 Å². The Morgan fingerprint density at radius 1 is 1.47 bits per heavy atom. The van der Waals surface area contributed by atoms with E-state index < -0.39 is 23.9 Å². The minimum Gasteiger partial charge on any atom is -0.389 e. The molecule has 0 aliphatic carbocycles. The summed E-state index contributed by atoms with van der Waals surface area (Å²) in [4.78, 5) is 2.71. The highest BCUT2D eigenvalue weighted by Crippen LogP contribution is 2.29. The van der Waals surface area contributed by atoms with Gasteiger partial charge in [0, 0.05) is 11.3 Å². The third-order valence-electron chi connectivity index (χ3n) is 3.49. The van der Waals surface area contributed by atoms with Gasteiger partial charge in [0.05, 0.1) is 24.9 Å². The highest BCUT2D eigenvalue weighted by Gasteiger charge is 2.47. The Morgan fingerprint density at radius 2 is 2.16 bits per heavy atom. The van der Waals surface area contributed by atoms with Crippen LogP contribution in [-0.2, 0) is 11.2 Å². The van der Waals surface area contributed by atoms with Crippen LogP contribution in [-0.4, -0.2) is 40.7 Å². The Labute approximate surface area is 111 Å². The van der Waals surface area contributed by atoms with E-state index >= 15 is 0 Å². The second-order valence-electron chi connectivity index (χ2n) is 4.92. The molecule has 1 aromatic carbocycles. The van der Waals surface area contributed by atoms with Crippen LogP contribution < -0.4 is 0 Å². The number of ether oxygens (including phenoxy) is 1. The summed E-state index contributed by atoms with van der Waals surface area (Å²) in [5.74, 6) is 0. The number of aliphatic hydroxyl groups excluding tert-OH is 1. The van der Waals surface area contributed by atoms with Crippen molar-refractivity contribution in [3.63, 3.8) is 0 Å². The SMILES string of the molecule is C[C@H]1OC[C@](O)(Cc2ccccc2)[C@@H](O)[C@@H]1N=[N+]=[N-]. The van der Waals surface area contributed by atoms with Gasteiger partial charge in [-0.3, -0.25) is 0 Å². The summed E-state index contributed by atoms with van der Waals surface area (Å²) in [5, 5.41) is 24.3. The van der Waals surface area contributed by atoms with E-state index in [0.29, 0.717) is 0 Å². The molecule has 1 fully saturated rings. The van der Waals surface area contributed by atoms with Crippen molar-refractivity contribution in [3.8, 4) is 0 Å². The second-order valence-corrected chi connectivity index (χ2v) is 4.92. The lowest BCUT2D eigenvalue weighted by atomic mass is 9.82. The van der Waals surface area contributed by atoms with Crippen LogP contribution in [0.25, 0.3) is 10.4 Å². The molecule has 0 aromatic heterocycles. The number of benzene rings is 1. The van der Waals surface area contributed by atoms with Crippen LogP contribution in [0.4, 0.5) is 0 Å². The highest BCUT2D eigenvalue weighted by atomic mass is 16.5. The summed E-state index contributed by atoms with van der Waals surface area (Å²) < 4.78 is 5.43. The van der Waals surface area contributed by atoms with Gasteiger partial charge in [-0.25, -0.2) is 0 Å². The zero-order valence-corrected chi connectivity index (χ0v) is 10.7. The molecule has 1 heterocycles. The van der Waals surface area contributed by atoms with Gasteiger partial charge in [-0.15, -0.1) is 0 Å². The number of azide groups is 1. The second kappa shape index (κ2) is 5.59. The van der Waals surface area contributed by atoms with Crippen molar-refractivity contribution in [2.24, 2.45) is 5.11 Å². The molecule has 19 heavy (non-hydrogen) atoms. The normalized spacial score (nSPS) is 34.6. The molecule has 2 N–H and O–H groups in total. The van der Waals surface area contributed by atoms with Crippen molar-refractivity contribution in [3.05, 3.63) is 46.3 Å². The molecular formula is C13H17N3O3. The first-order valence-corrected chi connectivity index (χ1v) is 6.17. The lowest BCUT2D eigenvalue weighted by molar-refractivity contribution is -0.188. The van der Waals surface area contributed by atoms with E-state index in [1.54, 1.807) is 6.92 Å². The first kappa shape index (κ1) is 13.8. The first-order chi connectivity index (χ1) is 9.07. The molecule has 0 radical (unpaired) electrons. The zero-order valence-electron chi connectivity index (χ0n) is 10.7. The molecule has 1 aliphatic rings. The predicted octanol–water partition coefficient (Wildman–Crippen LogP) is 1.42. The van der Waals surface area contributed by atoms with E-state index in [1.165, 1.54) is 0 Å². The van der Waals surface area contributed by atoms with E-state index in [1.807, 2.05) is 30.3 Å². The van der Waals surface area contributed by atoms with Gasteiger partial charge in [-0.1, -0.05) is 35.4 Å².